The summed E-state index contributed by atoms with van der Waals surface area (Å²) in [6.07, 6.45) is 0. The van der Waals surface area contributed by atoms with Crippen molar-refractivity contribution in [2.45, 2.75) is 33.1 Å². The number of hydrogen-bond donors (Lipinski definition) is 0. The molecule has 0 saturated carbocycles. The number of ether oxygens (including phenoxy) is 1. The fourth-order valence-corrected chi connectivity index (χ4v) is 1.96. The predicted octanol–water partition coefficient (Wildman–Crippen LogP) is 3.87. The lowest BCUT2D eigenvalue weighted by Gasteiger charge is -2.15. The summed E-state index contributed by atoms with van der Waals surface area (Å²) >= 11 is 0. The van der Waals surface area contributed by atoms with Gasteiger partial charge in [0.15, 0.2) is 0 Å². The Hall–Kier alpha value is -2.17. The minimum atomic E-state index is -0.572. The first-order valence-electron chi connectivity index (χ1n) is 6.60. The molecule has 0 N–H and O–H groups in total. The molecule has 1 heterocycles. The lowest BCUT2D eigenvalue weighted by atomic mass is 9.91. The van der Waals surface area contributed by atoms with Crippen molar-refractivity contribution < 1.29 is 18.3 Å². The third kappa shape index (κ3) is 2.96. The first-order valence-corrected chi connectivity index (χ1v) is 6.60. The molecule has 2 aromatic rings. The summed E-state index contributed by atoms with van der Waals surface area (Å²) < 4.78 is 23.6. The molecule has 0 aliphatic rings. The number of rotatable bonds is 2. The summed E-state index contributed by atoms with van der Waals surface area (Å²) in [7, 11) is 1.29. The third-order valence-corrected chi connectivity index (χ3v) is 3.11. The molecule has 5 heteroatoms. The smallest absolute Gasteiger partial charge is 0.376 e. The minimum absolute atomic E-state index is 0.0852. The predicted molar refractivity (Wildman–Crippen MR) is 76.7 cm³/mol. The summed E-state index contributed by atoms with van der Waals surface area (Å²) in [6, 6.07) is 4.56. The van der Waals surface area contributed by atoms with E-state index in [0.29, 0.717) is 16.8 Å². The van der Waals surface area contributed by atoms with Crippen molar-refractivity contribution in [3.05, 3.63) is 41.0 Å². The van der Waals surface area contributed by atoms with Gasteiger partial charge in [0.2, 0.25) is 11.7 Å². The van der Waals surface area contributed by atoms with Crippen molar-refractivity contribution >= 4 is 5.97 Å². The fourth-order valence-electron chi connectivity index (χ4n) is 1.96. The van der Waals surface area contributed by atoms with E-state index < -0.39 is 5.97 Å². The molecule has 0 amide bonds. The molecule has 1 aromatic heterocycles. The van der Waals surface area contributed by atoms with Crippen LogP contribution in [0.25, 0.3) is 11.5 Å². The lowest BCUT2D eigenvalue weighted by molar-refractivity contribution is 0.0562. The van der Waals surface area contributed by atoms with Crippen LogP contribution in [0.2, 0.25) is 0 Å². The molecule has 0 spiro atoms. The molecule has 4 nitrogen and oxygen atoms in total. The van der Waals surface area contributed by atoms with Crippen LogP contribution in [0.15, 0.2) is 22.6 Å². The highest BCUT2D eigenvalue weighted by atomic mass is 19.1. The zero-order valence-corrected chi connectivity index (χ0v) is 12.8. The van der Waals surface area contributed by atoms with E-state index in [1.807, 2.05) is 20.8 Å². The number of carbonyl (C=O) groups excluding carboxylic acids is 1. The third-order valence-electron chi connectivity index (χ3n) is 3.11. The topological polar surface area (TPSA) is 52.3 Å². The van der Waals surface area contributed by atoms with Crippen LogP contribution < -0.4 is 0 Å². The van der Waals surface area contributed by atoms with E-state index in [2.05, 4.69) is 4.98 Å². The van der Waals surface area contributed by atoms with Crippen LogP contribution in [0.5, 0.6) is 0 Å². The van der Waals surface area contributed by atoms with Crippen LogP contribution in [-0.4, -0.2) is 18.1 Å². The van der Waals surface area contributed by atoms with Gasteiger partial charge in [-0.25, -0.2) is 14.2 Å². The molecule has 0 unspecified atom stereocenters. The van der Waals surface area contributed by atoms with Crippen LogP contribution in [-0.2, 0) is 10.2 Å². The Morgan fingerprint density at radius 3 is 2.52 bits per heavy atom. The highest BCUT2D eigenvalue weighted by molar-refractivity contribution is 5.88. The van der Waals surface area contributed by atoms with E-state index in [1.165, 1.54) is 13.2 Å². The molecular weight excluding hydrogens is 273 g/mol. The van der Waals surface area contributed by atoms with E-state index >= 15 is 0 Å². The van der Waals surface area contributed by atoms with E-state index in [9.17, 15) is 9.18 Å². The van der Waals surface area contributed by atoms with Gasteiger partial charge in [-0.1, -0.05) is 20.8 Å². The maximum absolute atomic E-state index is 13.3. The highest BCUT2D eigenvalue weighted by Crippen LogP contribution is 2.31. The monoisotopic (exact) mass is 291 g/mol. The molecule has 0 saturated heterocycles. The fraction of sp³-hybridized carbons (Fsp3) is 0.375. The van der Waals surface area contributed by atoms with Crippen molar-refractivity contribution in [3.8, 4) is 11.5 Å². The SMILES string of the molecule is COC(=O)c1oc(-c2ccc(F)c(C)c2)nc1C(C)(C)C. The second-order valence-corrected chi connectivity index (χ2v) is 5.90. The van der Waals surface area contributed by atoms with E-state index in [1.54, 1.807) is 19.1 Å². The van der Waals surface area contributed by atoms with Crippen LogP contribution in [0, 0.1) is 12.7 Å². The van der Waals surface area contributed by atoms with Crippen molar-refractivity contribution in [1.82, 2.24) is 4.98 Å². The Balaban J connectivity index is 2.58. The van der Waals surface area contributed by atoms with Gasteiger partial charge in [-0.05, 0) is 30.7 Å². The Morgan fingerprint density at radius 1 is 1.33 bits per heavy atom. The summed E-state index contributed by atoms with van der Waals surface area (Å²) in [4.78, 5) is 16.2. The van der Waals surface area contributed by atoms with Gasteiger partial charge in [-0.15, -0.1) is 0 Å². The van der Waals surface area contributed by atoms with E-state index in [0.717, 1.165) is 0 Å². The number of esters is 1. The molecule has 0 fully saturated rings. The maximum atomic E-state index is 13.3. The van der Waals surface area contributed by atoms with Gasteiger partial charge >= 0.3 is 5.97 Å². The van der Waals surface area contributed by atoms with Gasteiger partial charge in [0.1, 0.15) is 11.5 Å². The summed E-state index contributed by atoms with van der Waals surface area (Å²) in [6.45, 7) is 7.44. The van der Waals surface area contributed by atoms with Gasteiger partial charge in [0.05, 0.1) is 7.11 Å². The van der Waals surface area contributed by atoms with Gasteiger partial charge in [-0.3, -0.25) is 0 Å². The molecule has 0 atom stereocenters. The highest BCUT2D eigenvalue weighted by Gasteiger charge is 2.30. The number of aryl methyl sites for hydroxylation is 1. The zero-order valence-electron chi connectivity index (χ0n) is 12.8. The molecule has 21 heavy (non-hydrogen) atoms. The number of carbonyl (C=O) groups is 1. The van der Waals surface area contributed by atoms with Gasteiger partial charge in [0.25, 0.3) is 0 Å². The zero-order chi connectivity index (χ0) is 15.8. The number of oxazole rings is 1. The van der Waals surface area contributed by atoms with E-state index in [4.69, 9.17) is 9.15 Å². The number of benzene rings is 1. The first-order chi connectivity index (χ1) is 9.74. The molecule has 2 rings (SSSR count). The average Bonchev–Trinajstić information content (AvgIpc) is 2.86. The molecular formula is C16H18FNO3. The Kier molecular flexibility index (Phi) is 3.85. The quantitative estimate of drug-likeness (QED) is 0.788. The van der Waals surface area contributed by atoms with E-state index in [-0.39, 0.29) is 22.9 Å². The lowest BCUT2D eigenvalue weighted by Crippen LogP contribution is -2.17. The van der Waals surface area contributed by atoms with Crippen molar-refractivity contribution in [3.63, 3.8) is 0 Å². The normalized spacial score (nSPS) is 11.5. The number of nitrogens with zero attached hydrogens (tertiary/aromatic N) is 1. The Morgan fingerprint density at radius 2 is 2.00 bits per heavy atom. The Bertz CT molecular complexity index is 683. The second-order valence-electron chi connectivity index (χ2n) is 5.90. The average molecular weight is 291 g/mol. The van der Waals surface area contributed by atoms with Crippen LogP contribution in [0.4, 0.5) is 4.39 Å². The van der Waals surface area contributed by atoms with Gasteiger partial charge < -0.3 is 9.15 Å². The van der Waals surface area contributed by atoms with Crippen molar-refractivity contribution in [2.75, 3.05) is 7.11 Å². The summed E-state index contributed by atoms with van der Waals surface area (Å²) in [5.74, 6) is -0.502. The number of aromatic nitrogens is 1. The molecule has 0 aliphatic heterocycles. The number of methoxy groups -OCH3 is 1. The van der Waals surface area contributed by atoms with Gasteiger partial charge in [-0.2, -0.15) is 0 Å². The summed E-state index contributed by atoms with van der Waals surface area (Å²) in [5, 5.41) is 0. The number of hydrogen-bond acceptors (Lipinski definition) is 4. The molecule has 0 aliphatic carbocycles. The summed E-state index contributed by atoms with van der Waals surface area (Å²) in [5.41, 5.74) is 1.25. The molecule has 0 radical (unpaired) electrons. The molecule has 112 valence electrons. The number of halogens is 1. The van der Waals surface area contributed by atoms with Crippen LogP contribution >= 0.6 is 0 Å². The van der Waals surface area contributed by atoms with Gasteiger partial charge in [0, 0.05) is 11.0 Å². The minimum Gasteiger partial charge on any atom is -0.463 e. The van der Waals surface area contributed by atoms with Crippen molar-refractivity contribution in [1.29, 1.82) is 0 Å². The van der Waals surface area contributed by atoms with Crippen LogP contribution in [0.1, 0.15) is 42.6 Å². The second kappa shape index (κ2) is 5.31. The molecule has 1 aromatic carbocycles. The standard InChI is InChI=1S/C16H18FNO3/c1-9-8-10(6-7-11(9)17)14-18-13(16(2,3)4)12(21-14)15(19)20-5/h6-8H,1-5H3. The molecule has 0 bridgehead atoms. The maximum Gasteiger partial charge on any atom is 0.376 e. The Labute approximate surface area is 122 Å². The van der Waals surface area contributed by atoms with Crippen molar-refractivity contribution in [2.24, 2.45) is 0 Å². The first kappa shape index (κ1) is 15.2. The largest absolute Gasteiger partial charge is 0.463 e. The van der Waals surface area contributed by atoms with Crippen LogP contribution in [0.3, 0.4) is 0 Å².